The molecular formula is C13H25NO4. The Labute approximate surface area is 109 Å². The summed E-state index contributed by atoms with van der Waals surface area (Å²) in [6.45, 7) is 3.50. The van der Waals surface area contributed by atoms with E-state index in [1.165, 1.54) is 0 Å². The van der Waals surface area contributed by atoms with Crippen molar-refractivity contribution in [3.05, 3.63) is 0 Å². The summed E-state index contributed by atoms with van der Waals surface area (Å²) in [6, 6.07) is 0. The van der Waals surface area contributed by atoms with Crippen LogP contribution in [0.3, 0.4) is 0 Å². The molecule has 1 aliphatic carbocycles. The van der Waals surface area contributed by atoms with Crippen LogP contribution in [0.4, 0.5) is 0 Å². The molecule has 0 radical (unpaired) electrons. The van der Waals surface area contributed by atoms with Crippen LogP contribution in [0.15, 0.2) is 0 Å². The first-order chi connectivity index (χ1) is 8.68. The maximum atomic E-state index is 12.1. The lowest BCUT2D eigenvalue weighted by Crippen LogP contribution is -2.56. The van der Waals surface area contributed by atoms with Crippen molar-refractivity contribution >= 4 is 5.97 Å². The molecule has 0 unspecified atom stereocenters. The first-order valence-electron chi connectivity index (χ1n) is 6.62. The molecule has 0 aliphatic heterocycles. The molecule has 0 spiro atoms. The van der Waals surface area contributed by atoms with Crippen LogP contribution in [0.1, 0.15) is 32.6 Å². The van der Waals surface area contributed by atoms with Crippen molar-refractivity contribution in [1.82, 2.24) is 5.32 Å². The van der Waals surface area contributed by atoms with Crippen LogP contribution in [-0.4, -0.2) is 51.6 Å². The summed E-state index contributed by atoms with van der Waals surface area (Å²) >= 11 is 0. The van der Waals surface area contributed by atoms with Crippen molar-refractivity contribution in [2.45, 2.75) is 44.2 Å². The van der Waals surface area contributed by atoms with Crippen LogP contribution in [0.2, 0.25) is 0 Å². The van der Waals surface area contributed by atoms with Crippen LogP contribution in [-0.2, 0) is 19.0 Å². The number of hydrogen-bond donors (Lipinski definition) is 1. The van der Waals surface area contributed by atoms with Crippen molar-refractivity contribution < 1.29 is 19.0 Å². The Morgan fingerprint density at radius 2 is 2.00 bits per heavy atom. The average Bonchev–Trinajstić information content (AvgIpc) is 2.40. The van der Waals surface area contributed by atoms with Gasteiger partial charge in [-0.25, -0.2) is 0 Å². The standard InChI is InChI=1S/C13H25NO4/c1-4-18-12(15)13(14-9-10-16-2)7-5-11(17-3)6-8-13/h11,14H,4-10H2,1-3H3. The number of carbonyl (C=O) groups is 1. The van der Waals surface area contributed by atoms with Gasteiger partial charge in [0.2, 0.25) is 0 Å². The number of hydrogen-bond acceptors (Lipinski definition) is 5. The van der Waals surface area contributed by atoms with Crippen LogP contribution in [0, 0.1) is 0 Å². The van der Waals surface area contributed by atoms with Gasteiger partial charge in [0.1, 0.15) is 5.54 Å². The number of ether oxygens (including phenoxy) is 3. The fourth-order valence-electron chi connectivity index (χ4n) is 2.43. The Kier molecular flexibility index (Phi) is 6.60. The second-order valence-electron chi connectivity index (χ2n) is 4.66. The molecule has 0 atom stereocenters. The molecule has 0 bridgehead atoms. The Morgan fingerprint density at radius 3 is 2.50 bits per heavy atom. The minimum Gasteiger partial charge on any atom is -0.465 e. The summed E-state index contributed by atoms with van der Waals surface area (Å²) < 4.78 is 15.6. The SMILES string of the molecule is CCOC(=O)C1(NCCOC)CCC(OC)CC1. The van der Waals surface area contributed by atoms with E-state index in [2.05, 4.69) is 5.32 Å². The van der Waals surface area contributed by atoms with E-state index < -0.39 is 5.54 Å². The molecule has 1 saturated carbocycles. The van der Waals surface area contributed by atoms with Gasteiger partial charge in [0.05, 0.1) is 19.3 Å². The molecule has 0 saturated heterocycles. The molecule has 0 aromatic rings. The lowest BCUT2D eigenvalue weighted by Gasteiger charge is -2.38. The zero-order valence-corrected chi connectivity index (χ0v) is 11.7. The largest absolute Gasteiger partial charge is 0.465 e. The smallest absolute Gasteiger partial charge is 0.326 e. The monoisotopic (exact) mass is 259 g/mol. The Morgan fingerprint density at radius 1 is 1.33 bits per heavy atom. The topological polar surface area (TPSA) is 56.8 Å². The summed E-state index contributed by atoms with van der Waals surface area (Å²) in [4.78, 5) is 12.1. The van der Waals surface area contributed by atoms with Crippen molar-refractivity contribution in [3.8, 4) is 0 Å². The molecule has 106 valence electrons. The number of esters is 1. The van der Waals surface area contributed by atoms with Crippen LogP contribution in [0.25, 0.3) is 0 Å². The van der Waals surface area contributed by atoms with Crippen molar-refractivity contribution in [2.24, 2.45) is 0 Å². The minimum absolute atomic E-state index is 0.143. The van der Waals surface area contributed by atoms with Gasteiger partial charge in [0.25, 0.3) is 0 Å². The van der Waals surface area contributed by atoms with E-state index in [0.29, 0.717) is 19.8 Å². The van der Waals surface area contributed by atoms with Gasteiger partial charge < -0.3 is 14.2 Å². The predicted octanol–water partition coefficient (Wildman–Crippen LogP) is 1.11. The molecule has 1 N–H and O–H groups in total. The van der Waals surface area contributed by atoms with E-state index in [-0.39, 0.29) is 12.1 Å². The van der Waals surface area contributed by atoms with Crippen LogP contribution < -0.4 is 5.32 Å². The van der Waals surface area contributed by atoms with E-state index in [9.17, 15) is 4.79 Å². The molecule has 5 heteroatoms. The second kappa shape index (κ2) is 7.71. The number of nitrogens with one attached hydrogen (secondary N) is 1. The number of methoxy groups -OCH3 is 2. The van der Waals surface area contributed by atoms with Crippen LogP contribution in [0.5, 0.6) is 0 Å². The summed E-state index contributed by atoms with van der Waals surface area (Å²) in [7, 11) is 3.38. The fraction of sp³-hybridized carbons (Fsp3) is 0.923. The average molecular weight is 259 g/mol. The third kappa shape index (κ3) is 3.93. The lowest BCUT2D eigenvalue weighted by molar-refractivity contribution is -0.154. The summed E-state index contributed by atoms with van der Waals surface area (Å²) in [6.07, 6.45) is 3.55. The van der Waals surface area contributed by atoms with Gasteiger partial charge in [-0.15, -0.1) is 0 Å². The Balaban J connectivity index is 2.60. The molecule has 1 rings (SSSR count). The molecule has 0 amide bonds. The van der Waals surface area contributed by atoms with Gasteiger partial charge >= 0.3 is 5.97 Å². The third-order valence-corrected chi connectivity index (χ3v) is 3.56. The van der Waals surface area contributed by atoms with Gasteiger partial charge in [0, 0.05) is 20.8 Å². The summed E-state index contributed by atoms with van der Waals surface area (Å²) in [5.41, 5.74) is -0.552. The van der Waals surface area contributed by atoms with Crippen molar-refractivity contribution in [2.75, 3.05) is 34.0 Å². The molecule has 1 fully saturated rings. The predicted molar refractivity (Wildman–Crippen MR) is 68.5 cm³/mol. The number of rotatable bonds is 7. The van der Waals surface area contributed by atoms with Gasteiger partial charge in [0.15, 0.2) is 0 Å². The maximum absolute atomic E-state index is 12.1. The molecule has 0 aromatic carbocycles. The number of carbonyl (C=O) groups excluding carboxylic acids is 1. The van der Waals surface area contributed by atoms with Crippen LogP contribution >= 0.6 is 0 Å². The van der Waals surface area contributed by atoms with Gasteiger partial charge in [-0.3, -0.25) is 10.1 Å². The lowest BCUT2D eigenvalue weighted by atomic mass is 9.80. The van der Waals surface area contributed by atoms with Crippen molar-refractivity contribution in [3.63, 3.8) is 0 Å². The molecule has 5 nitrogen and oxygen atoms in total. The van der Waals surface area contributed by atoms with Gasteiger partial charge in [-0.05, 0) is 32.6 Å². The highest BCUT2D eigenvalue weighted by Gasteiger charge is 2.42. The molecule has 0 aromatic heterocycles. The molecule has 18 heavy (non-hydrogen) atoms. The van der Waals surface area contributed by atoms with E-state index in [1.807, 2.05) is 6.92 Å². The van der Waals surface area contributed by atoms with E-state index in [1.54, 1.807) is 14.2 Å². The zero-order valence-electron chi connectivity index (χ0n) is 11.7. The fourth-order valence-corrected chi connectivity index (χ4v) is 2.43. The maximum Gasteiger partial charge on any atom is 0.326 e. The van der Waals surface area contributed by atoms with E-state index in [0.717, 1.165) is 25.7 Å². The third-order valence-electron chi connectivity index (χ3n) is 3.56. The van der Waals surface area contributed by atoms with Crippen molar-refractivity contribution in [1.29, 1.82) is 0 Å². The Bertz CT molecular complexity index is 244. The first-order valence-corrected chi connectivity index (χ1v) is 6.62. The van der Waals surface area contributed by atoms with E-state index >= 15 is 0 Å². The molecule has 0 heterocycles. The highest BCUT2D eigenvalue weighted by Crippen LogP contribution is 2.31. The quantitative estimate of drug-likeness (QED) is 0.548. The molecule has 1 aliphatic rings. The highest BCUT2D eigenvalue weighted by molar-refractivity contribution is 5.81. The van der Waals surface area contributed by atoms with Gasteiger partial charge in [-0.1, -0.05) is 0 Å². The first kappa shape index (κ1) is 15.4. The molecular weight excluding hydrogens is 234 g/mol. The van der Waals surface area contributed by atoms with E-state index in [4.69, 9.17) is 14.2 Å². The second-order valence-corrected chi connectivity index (χ2v) is 4.66. The Hall–Kier alpha value is -0.650. The summed E-state index contributed by atoms with van der Waals surface area (Å²) in [5, 5.41) is 3.31. The summed E-state index contributed by atoms with van der Waals surface area (Å²) in [5.74, 6) is -0.143. The zero-order chi connectivity index (χ0) is 13.4. The normalized spacial score (nSPS) is 28.1. The minimum atomic E-state index is -0.552. The highest BCUT2D eigenvalue weighted by atomic mass is 16.5. The van der Waals surface area contributed by atoms with Gasteiger partial charge in [-0.2, -0.15) is 0 Å².